The number of benzene rings is 1. The molecule has 2 saturated heterocycles. The Bertz CT molecular complexity index is 694. The minimum atomic E-state index is -0.396. The van der Waals surface area contributed by atoms with Crippen LogP contribution in [-0.4, -0.2) is 36.6 Å². The van der Waals surface area contributed by atoms with E-state index in [1.165, 1.54) is 11.1 Å². The van der Waals surface area contributed by atoms with Crippen LogP contribution >= 0.6 is 0 Å². The third-order valence-corrected chi connectivity index (χ3v) is 7.53. The van der Waals surface area contributed by atoms with Crippen LogP contribution in [0.5, 0.6) is 0 Å². The van der Waals surface area contributed by atoms with Gasteiger partial charge in [-0.2, -0.15) is 0 Å². The molecule has 2 aliphatic heterocycles. The highest BCUT2D eigenvalue weighted by Gasteiger charge is 2.61. The summed E-state index contributed by atoms with van der Waals surface area (Å²) < 4.78 is 25.8. The first-order chi connectivity index (χ1) is 13.5. The first-order valence-corrected chi connectivity index (χ1v) is 11.3. The van der Waals surface area contributed by atoms with Crippen molar-refractivity contribution in [1.82, 2.24) is 0 Å². The maximum Gasteiger partial charge on any atom is 0.459 e. The Labute approximate surface area is 184 Å². The molecule has 166 valence electrons. The van der Waals surface area contributed by atoms with Gasteiger partial charge in [0.1, 0.15) is 0 Å². The highest BCUT2D eigenvalue weighted by Crippen LogP contribution is 2.46. The molecule has 0 radical (unpaired) electrons. The van der Waals surface area contributed by atoms with E-state index in [9.17, 15) is 0 Å². The smallest absolute Gasteiger partial charge is 0.403 e. The van der Waals surface area contributed by atoms with E-state index >= 15 is 0 Å². The summed E-state index contributed by atoms with van der Waals surface area (Å²) in [6.45, 7) is 23.4. The molecule has 4 nitrogen and oxygen atoms in total. The van der Waals surface area contributed by atoms with Crippen molar-refractivity contribution in [2.75, 3.05) is 0 Å². The van der Waals surface area contributed by atoms with Crippen molar-refractivity contribution in [2.24, 2.45) is 0 Å². The molecule has 0 aromatic heterocycles. The molecular formula is C24H40B2O4. The largest absolute Gasteiger partial charge is 0.459 e. The van der Waals surface area contributed by atoms with Gasteiger partial charge in [-0.05, 0) is 78.4 Å². The molecular weight excluding hydrogens is 374 g/mol. The van der Waals surface area contributed by atoms with Gasteiger partial charge in [-0.3, -0.25) is 0 Å². The van der Waals surface area contributed by atoms with Gasteiger partial charge in [0.15, 0.2) is 0 Å². The van der Waals surface area contributed by atoms with Crippen LogP contribution in [0.2, 0.25) is 5.72 Å². The third kappa shape index (κ3) is 4.39. The van der Waals surface area contributed by atoms with Gasteiger partial charge in [0.25, 0.3) is 0 Å². The van der Waals surface area contributed by atoms with Crippen molar-refractivity contribution in [2.45, 2.75) is 116 Å². The lowest BCUT2D eigenvalue weighted by atomic mass is 9.49. The van der Waals surface area contributed by atoms with Crippen molar-refractivity contribution >= 4 is 14.2 Å². The second kappa shape index (κ2) is 7.37. The number of hydrogen-bond acceptors (Lipinski definition) is 4. The number of hydrogen-bond donors (Lipinski definition) is 0. The summed E-state index contributed by atoms with van der Waals surface area (Å²) in [5, 5.41) is 0. The predicted octanol–water partition coefficient (Wildman–Crippen LogP) is 5.62. The van der Waals surface area contributed by atoms with Gasteiger partial charge in [0.2, 0.25) is 0 Å². The molecule has 0 saturated carbocycles. The highest BCUT2D eigenvalue weighted by atomic mass is 16.7. The van der Waals surface area contributed by atoms with Gasteiger partial charge in [0, 0.05) is 5.72 Å². The van der Waals surface area contributed by atoms with Gasteiger partial charge in [-0.25, -0.2) is 0 Å². The summed E-state index contributed by atoms with van der Waals surface area (Å²) in [4.78, 5) is 0. The molecule has 1 aromatic carbocycles. The lowest BCUT2D eigenvalue weighted by molar-refractivity contribution is 0.00578. The van der Waals surface area contributed by atoms with Crippen molar-refractivity contribution in [3.63, 3.8) is 0 Å². The topological polar surface area (TPSA) is 36.9 Å². The fourth-order valence-electron chi connectivity index (χ4n) is 3.86. The molecule has 2 fully saturated rings. The minimum absolute atomic E-state index is 0.0763. The standard InChI is InChI=1S/C24H40B2O4/c1-20(2,3)18-14-12-17(13-15-18)16-19(25-27-21(4,5)22(6,7)28-25)26-29-23(8,9)24(10,11)30-26/h12-15,19H,16H2,1-11H3. The average molecular weight is 414 g/mol. The zero-order valence-electron chi connectivity index (χ0n) is 20.9. The van der Waals surface area contributed by atoms with Crippen LogP contribution in [0.25, 0.3) is 0 Å². The van der Waals surface area contributed by atoms with Crippen molar-refractivity contribution in [3.05, 3.63) is 35.4 Å². The predicted molar refractivity (Wildman–Crippen MR) is 125 cm³/mol. The Balaban J connectivity index is 1.89. The van der Waals surface area contributed by atoms with Crippen LogP contribution in [0.15, 0.2) is 24.3 Å². The van der Waals surface area contributed by atoms with Gasteiger partial charge in [-0.15, -0.1) is 0 Å². The lowest BCUT2D eigenvalue weighted by Crippen LogP contribution is -2.41. The Morgan fingerprint density at radius 2 is 1.00 bits per heavy atom. The average Bonchev–Trinajstić information content (AvgIpc) is 2.91. The highest BCUT2D eigenvalue weighted by molar-refractivity contribution is 6.68. The minimum Gasteiger partial charge on any atom is -0.403 e. The van der Waals surface area contributed by atoms with Crippen molar-refractivity contribution in [1.29, 1.82) is 0 Å². The zero-order chi connectivity index (χ0) is 22.8. The molecule has 0 spiro atoms. The van der Waals surface area contributed by atoms with E-state index in [0.717, 1.165) is 6.42 Å². The fraction of sp³-hybridized carbons (Fsp3) is 0.750. The molecule has 1 aromatic rings. The van der Waals surface area contributed by atoms with Crippen LogP contribution in [-0.2, 0) is 30.5 Å². The SMILES string of the molecule is CC(C)(C)c1ccc(CC(B2OC(C)(C)C(C)(C)O2)B2OC(C)(C)C(C)(C)O2)cc1. The summed E-state index contributed by atoms with van der Waals surface area (Å²) in [5.41, 5.74) is 1.05. The van der Waals surface area contributed by atoms with Crippen LogP contribution in [0.3, 0.4) is 0 Å². The Morgan fingerprint density at radius 1 is 0.667 bits per heavy atom. The molecule has 0 atom stereocenters. The summed E-state index contributed by atoms with van der Waals surface area (Å²) >= 11 is 0. The third-order valence-electron chi connectivity index (χ3n) is 7.53. The van der Waals surface area contributed by atoms with E-state index in [0.29, 0.717) is 0 Å². The quantitative estimate of drug-likeness (QED) is 0.600. The second-order valence-electron chi connectivity index (χ2n) is 12.1. The molecule has 30 heavy (non-hydrogen) atoms. The van der Waals surface area contributed by atoms with Gasteiger partial charge in [0.05, 0.1) is 22.4 Å². The van der Waals surface area contributed by atoms with Gasteiger partial charge in [-0.1, -0.05) is 45.0 Å². The molecule has 0 aliphatic carbocycles. The van der Waals surface area contributed by atoms with E-state index in [-0.39, 0.29) is 11.1 Å². The maximum atomic E-state index is 6.44. The molecule has 3 rings (SSSR count). The first kappa shape index (κ1) is 23.8. The second-order valence-corrected chi connectivity index (χ2v) is 12.1. The molecule has 2 heterocycles. The van der Waals surface area contributed by atoms with E-state index in [1.54, 1.807) is 0 Å². The van der Waals surface area contributed by atoms with Crippen molar-refractivity contribution in [3.8, 4) is 0 Å². The van der Waals surface area contributed by atoms with E-state index in [2.05, 4.69) is 100 Å². The van der Waals surface area contributed by atoms with Crippen LogP contribution < -0.4 is 0 Å². The summed E-state index contributed by atoms with van der Waals surface area (Å²) in [6, 6.07) is 8.87. The Morgan fingerprint density at radius 3 is 1.30 bits per heavy atom. The lowest BCUT2D eigenvalue weighted by Gasteiger charge is -2.32. The van der Waals surface area contributed by atoms with Crippen LogP contribution in [0.4, 0.5) is 0 Å². The van der Waals surface area contributed by atoms with Crippen molar-refractivity contribution < 1.29 is 18.6 Å². The van der Waals surface area contributed by atoms with Crippen LogP contribution in [0, 0.1) is 0 Å². The zero-order valence-corrected chi connectivity index (χ0v) is 20.9. The van der Waals surface area contributed by atoms with E-state index < -0.39 is 36.6 Å². The normalized spacial score (nSPS) is 24.7. The van der Waals surface area contributed by atoms with E-state index in [4.69, 9.17) is 18.6 Å². The monoisotopic (exact) mass is 414 g/mol. The summed E-state index contributed by atoms with van der Waals surface area (Å²) in [5.74, 6) is 0. The van der Waals surface area contributed by atoms with Crippen LogP contribution in [0.1, 0.15) is 87.3 Å². The summed E-state index contributed by atoms with van der Waals surface area (Å²) in [6.07, 6.45) is 0.762. The molecule has 0 unspecified atom stereocenters. The fourth-order valence-corrected chi connectivity index (χ4v) is 3.86. The maximum absolute atomic E-state index is 6.44. The molecule has 0 amide bonds. The Hall–Kier alpha value is -0.810. The van der Waals surface area contributed by atoms with Gasteiger partial charge < -0.3 is 18.6 Å². The summed E-state index contributed by atoms with van der Waals surface area (Å²) in [7, 11) is -0.793. The number of rotatable bonds is 4. The molecule has 6 heteroatoms. The van der Waals surface area contributed by atoms with E-state index in [1.807, 2.05) is 0 Å². The molecule has 2 aliphatic rings. The van der Waals surface area contributed by atoms with Gasteiger partial charge >= 0.3 is 14.2 Å². The molecule has 0 N–H and O–H groups in total. The Kier molecular flexibility index (Phi) is 5.85. The molecule has 0 bridgehead atoms. The first-order valence-electron chi connectivity index (χ1n) is 11.3.